The average Bonchev–Trinajstić information content (AvgIpc) is 3.57. The number of benzene rings is 2. The molecule has 5 rings (SSSR count). The molecular weight excluding hydrogens is 488 g/mol. The van der Waals surface area contributed by atoms with E-state index < -0.39 is 30.4 Å². The molecule has 3 heterocycles. The molecule has 38 heavy (non-hydrogen) atoms. The zero-order valence-electron chi connectivity index (χ0n) is 20.7. The molecule has 0 spiro atoms. The van der Waals surface area contributed by atoms with Gasteiger partial charge in [-0.2, -0.15) is 0 Å². The molecule has 1 saturated heterocycles. The zero-order chi connectivity index (χ0) is 26.8. The molecule has 0 unspecified atom stereocenters. The van der Waals surface area contributed by atoms with Crippen LogP contribution < -0.4 is 10.6 Å². The third kappa shape index (κ3) is 4.92. The van der Waals surface area contributed by atoms with E-state index in [1.54, 1.807) is 36.4 Å². The quantitative estimate of drug-likeness (QED) is 0.220. The number of nitrogens with zero attached hydrogens (tertiary/aromatic N) is 2. The third-order valence-corrected chi connectivity index (χ3v) is 6.06. The highest BCUT2D eigenvalue weighted by atomic mass is 16.5. The van der Waals surface area contributed by atoms with Crippen molar-refractivity contribution in [1.29, 1.82) is 0 Å². The summed E-state index contributed by atoms with van der Waals surface area (Å²) >= 11 is 0. The van der Waals surface area contributed by atoms with E-state index in [9.17, 15) is 19.2 Å². The molecule has 1 aliphatic rings. The summed E-state index contributed by atoms with van der Waals surface area (Å²) in [5.41, 5.74) is 3.17. The largest absolute Gasteiger partial charge is 0.463 e. The van der Waals surface area contributed by atoms with E-state index >= 15 is 0 Å². The van der Waals surface area contributed by atoms with Crippen LogP contribution in [0, 0.1) is 6.92 Å². The minimum atomic E-state index is -0.671. The number of amides is 4. The minimum Gasteiger partial charge on any atom is -0.463 e. The van der Waals surface area contributed by atoms with Gasteiger partial charge in [0.2, 0.25) is 11.7 Å². The zero-order valence-corrected chi connectivity index (χ0v) is 20.7. The van der Waals surface area contributed by atoms with Crippen LogP contribution in [0.5, 0.6) is 0 Å². The lowest BCUT2D eigenvalue weighted by Gasteiger charge is -2.12. The number of nitrogens with one attached hydrogen (secondary N) is 2. The number of methoxy groups -OCH3 is 1. The first kappa shape index (κ1) is 24.6. The van der Waals surface area contributed by atoms with Gasteiger partial charge in [0, 0.05) is 28.4 Å². The van der Waals surface area contributed by atoms with Gasteiger partial charge in [0.15, 0.2) is 0 Å². The Morgan fingerprint density at radius 1 is 1.08 bits per heavy atom. The molecule has 0 aliphatic carbocycles. The Morgan fingerprint density at radius 3 is 2.68 bits per heavy atom. The smallest absolute Gasteiger partial charge is 0.373 e. The van der Waals surface area contributed by atoms with Gasteiger partial charge < -0.3 is 24.4 Å². The molecule has 2 aromatic heterocycles. The second-order valence-corrected chi connectivity index (χ2v) is 8.78. The van der Waals surface area contributed by atoms with Gasteiger partial charge in [-0.05, 0) is 48.9 Å². The van der Waals surface area contributed by atoms with Crippen molar-refractivity contribution in [1.82, 2.24) is 14.8 Å². The van der Waals surface area contributed by atoms with Gasteiger partial charge in [0.05, 0.1) is 13.7 Å². The van der Waals surface area contributed by atoms with Crippen molar-refractivity contribution >= 4 is 46.5 Å². The molecule has 10 nitrogen and oxygen atoms in total. The van der Waals surface area contributed by atoms with Crippen molar-refractivity contribution in [3.05, 3.63) is 95.2 Å². The highest BCUT2D eigenvalue weighted by Crippen LogP contribution is 2.26. The first-order valence-electron chi connectivity index (χ1n) is 11.8. The molecule has 1 fully saturated rings. The maximum absolute atomic E-state index is 13.0. The fourth-order valence-electron chi connectivity index (χ4n) is 4.30. The van der Waals surface area contributed by atoms with Crippen molar-refractivity contribution in [3.63, 3.8) is 0 Å². The summed E-state index contributed by atoms with van der Waals surface area (Å²) in [5.74, 6) is -0.998. The predicted octanol–water partition coefficient (Wildman–Crippen LogP) is 3.91. The van der Waals surface area contributed by atoms with E-state index in [1.165, 1.54) is 7.11 Å². The van der Waals surface area contributed by atoms with Gasteiger partial charge in [0.25, 0.3) is 5.91 Å². The van der Waals surface area contributed by atoms with Crippen molar-refractivity contribution in [3.8, 4) is 0 Å². The van der Waals surface area contributed by atoms with E-state index in [1.807, 2.05) is 48.0 Å². The number of aryl methyl sites for hydroxylation is 1. The van der Waals surface area contributed by atoms with Crippen LogP contribution in [0.25, 0.3) is 17.0 Å². The highest BCUT2D eigenvalue weighted by Gasteiger charge is 2.35. The number of carbonyl (C=O) groups is 4. The molecule has 0 bridgehead atoms. The van der Waals surface area contributed by atoms with Gasteiger partial charge in [-0.25, -0.2) is 14.5 Å². The number of ether oxygens (including phenoxy) is 1. The summed E-state index contributed by atoms with van der Waals surface area (Å²) in [5, 5.41) is 6.12. The number of aromatic nitrogens is 1. The SMILES string of the molecule is COC(=O)c1ccc(Cn2cc(/C=C3\NC(=O)N(CC(=O)Nc4cccc(C)c4)C3=O)c3ccccc32)o1. The summed E-state index contributed by atoms with van der Waals surface area (Å²) in [4.78, 5) is 50.6. The van der Waals surface area contributed by atoms with Crippen LogP contribution in [-0.4, -0.2) is 46.9 Å². The van der Waals surface area contributed by atoms with Gasteiger partial charge >= 0.3 is 12.0 Å². The Hall–Kier alpha value is -5.12. The van der Waals surface area contributed by atoms with E-state index in [0.29, 0.717) is 23.6 Å². The molecule has 10 heteroatoms. The van der Waals surface area contributed by atoms with Crippen molar-refractivity contribution in [2.45, 2.75) is 13.5 Å². The summed E-state index contributed by atoms with van der Waals surface area (Å²) < 4.78 is 12.2. The fourth-order valence-corrected chi connectivity index (χ4v) is 4.30. The van der Waals surface area contributed by atoms with E-state index in [2.05, 4.69) is 10.6 Å². The van der Waals surface area contributed by atoms with Crippen molar-refractivity contribution in [2.24, 2.45) is 0 Å². The van der Waals surface area contributed by atoms with E-state index in [4.69, 9.17) is 9.15 Å². The number of hydrogen-bond donors (Lipinski definition) is 2. The van der Waals surface area contributed by atoms with Crippen LogP contribution in [0.15, 0.2) is 77.0 Å². The first-order valence-corrected chi connectivity index (χ1v) is 11.8. The lowest BCUT2D eigenvalue weighted by atomic mass is 10.1. The summed E-state index contributed by atoms with van der Waals surface area (Å²) in [7, 11) is 1.28. The van der Waals surface area contributed by atoms with Gasteiger partial charge in [-0.1, -0.05) is 30.3 Å². The molecule has 0 radical (unpaired) electrons. The molecule has 2 N–H and O–H groups in total. The summed E-state index contributed by atoms with van der Waals surface area (Å²) in [6.07, 6.45) is 3.41. The van der Waals surface area contributed by atoms with Crippen LogP contribution in [0.2, 0.25) is 0 Å². The number of furan rings is 1. The number of hydrogen-bond acceptors (Lipinski definition) is 6. The molecular formula is C28H24N4O6. The monoisotopic (exact) mass is 512 g/mol. The Bertz CT molecular complexity index is 1610. The normalized spacial score (nSPS) is 14.3. The average molecular weight is 513 g/mol. The Labute approximate surface area is 217 Å². The van der Waals surface area contributed by atoms with Crippen molar-refractivity contribution < 1.29 is 28.3 Å². The number of para-hydroxylation sites is 1. The lowest BCUT2D eigenvalue weighted by Crippen LogP contribution is -2.38. The molecule has 4 aromatic rings. The van der Waals surface area contributed by atoms with Crippen LogP contribution in [0.4, 0.5) is 10.5 Å². The third-order valence-electron chi connectivity index (χ3n) is 6.06. The van der Waals surface area contributed by atoms with Gasteiger partial charge in [-0.3, -0.25) is 9.59 Å². The predicted molar refractivity (Wildman–Crippen MR) is 139 cm³/mol. The van der Waals surface area contributed by atoms with Crippen LogP contribution in [0.3, 0.4) is 0 Å². The fraction of sp³-hybridized carbons (Fsp3) is 0.143. The van der Waals surface area contributed by atoms with Gasteiger partial charge in [0.1, 0.15) is 18.0 Å². The lowest BCUT2D eigenvalue weighted by molar-refractivity contribution is -0.127. The Balaban J connectivity index is 1.36. The number of carbonyl (C=O) groups excluding carboxylic acids is 4. The highest BCUT2D eigenvalue weighted by molar-refractivity contribution is 6.16. The van der Waals surface area contributed by atoms with Gasteiger partial charge in [-0.15, -0.1) is 0 Å². The van der Waals surface area contributed by atoms with Crippen molar-refractivity contribution in [2.75, 3.05) is 19.0 Å². The molecule has 0 atom stereocenters. The maximum Gasteiger partial charge on any atom is 0.373 e. The topological polar surface area (TPSA) is 123 Å². The molecule has 1 aliphatic heterocycles. The summed E-state index contributed by atoms with van der Waals surface area (Å²) in [6, 6.07) is 17.4. The van der Waals surface area contributed by atoms with Crippen LogP contribution in [-0.2, 0) is 20.9 Å². The second kappa shape index (κ2) is 10.1. The number of imide groups is 1. The number of rotatable bonds is 7. The Kier molecular flexibility index (Phi) is 6.53. The number of anilines is 1. The number of fused-ring (bicyclic) bond motifs is 1. The Morgan fingerprint density at radius 2 is 1.89 bits per heavy atom. The summed E-state index contributed by atoms with van der Waals surface area (Å²) in [6.45, 7) is 1.81. The van der Waals surface area contributed by atoms with Crippen LogP contribution in [0.1, 0.15) is 27.4 Å². The number of urea groups is 1. The van der Waals surface area contributed by atoms with E-state index in [-0.39, 0.29) is 11.5 Å². The molecule has 4 amide bonds. The minimum absolute atomic E-state index is 0.0623. The molecule has 2 aromatic carbocycles. The maximum atomic E-state index is 13.0. The second-order valence-electron chi connectivity index (χ2n) is 8.78. The van der Waals surface area contributed by atoms with Crippen LogP contribution >= 0.6 is 0 Å². The molecule has 0 saturated carbocycles. The molecule has 192 valence electrons. The first-order chi connectivity index (χ1) is 18.3. The number of esters is 1. The van der Waals surface area contributed by atoms with E-state index in [0.717, 1.165) is 21.4 Å². The standard InChI is InChI=1S/C28H24N4O6/c1-17-6-5-7-19(12-17)29-25(33)16-32-26(34)22(30-28(32)36)13-18-14-31(23-9-4-3-8-21(18)23)15-20-10-11-24(38-20)27(35)37-2/h3-14H,15-16H2,1-2H3,(H,29,33)(H,30,36)/b22-13-.